The lowest BCUT2D eigenvalue weighted by Gasteiger charge is -2.32. The molecule has 1 aliphatic carbocycles. The van der Waals surface area contributed by atoms with Crippen LogP contribution in [-0.2, 0) is 26.5 Å². The smallest absolute Gasteiger partial charge is 0.296 e. The van der Waals surface area contributed by atoms with E-state index in [4.69, 9.17) is 4.74 Å². The lowest BCUT2D eigenvalue weighted by Crippen LogP contribution is -2.43. The summed E-state index contributed by atoms with van der Waals surface area (Å²) in [6.07, 6.45) is 5.30. The molecule has 1 fully saturated rings. The molecule has 3 aromatic rings. The molecular weight excluding hydrogens is 438 g/mol. The summed E-state index contributed by atoms with van der Waals surface area (Å²) in [5.41, 5.74) is 5.46. The number of fused-ring (bicyclic) bond motifs is 1. The van der Waals surface area contributed by atoms with Gasteiger partial charge in [-0.3, -0.25) is 9.36 Å². The number of hydrogen-bond acceptors (Lipinski definition) is 6. The van der Waals surface area contributed by atoms with Crippen LogP contribution in [0.25, 0.3) is 11.4 Å². The van der Waals surface area contributed by atoms with Gasteiger partial charge in [0.2, 0.25) is 5.82 Å². The molecule has 1 atom stereocenters. The lowest BCUT2D eigenvalue weighted by molar-refractivity contribution is 0.226. The molecule has 1 aromatic heterocycles. The predicted octanol–water partition coefficient (Wildman–Crippen LogP) is 4.11. The molecular formula is C28H35N5O2. The van der Waals surface area contributed by atoms with Crippen LogP contribution >= 0.6 is 0 Å². The number of nitrogens with one attached hydrogen (secondary N) is 1. The van der Waals surface area contributed by atoms with E-state index >= 15 is 0 Å². The van der Waals surface area contributed by atoms with E-state index < -0.39 is 0 Å². The normalized spacial score (nSPS) is 17.9. The van der Waals surface area contributed by atoms with E-state index in [-0.39, 0.29) is 11.6 Å². The highest BCUT2D eigenvalue weighted by atomic mass is 16.5. The highest BCUT2D eigenvalue weighted by molar-refractivity contribution is 5.73. The highest BCUT2D eigenvalue weighted by Gasteiger charge is 2.26. The molecule has 1 N–H and O–H groups in total. The number of ether oxygens (including phenoxy) is 1. The number of piperidine rings is 1. The molecule has 2 aliphatic rings. The minimum absolute atomic E-state index is 0.155. The van der Waals surface area contributed by atoms with Gasteiger partial charge in [0.15, 0.2) is 5.82 Å². The number of aryl methyl sites for hydroxylation is 2. The van der Waals surface area contributed by atoms with Crippen molar-refractivity contribution in [1.82, 2.24) is 19.7 Å². The summed E-state index contributed by atoms with van der Waals surface area (Å²) < 4.78 is 8.09. The van der Waals surface area contributed by atoms with Crippen LogP contribution in [-0.4, -0.2) is 45.3 Å². The molecule has 0 saturated carbocycles. The molecule has 7 nitrogen and oxygen atoms in total. The van der Waals surface area contributed by atoms with Gasteiger partial charge in [0.25, 0.3) is 5.56 Å². The molecule has 184 valence electrons. The molecule has 0 unspecified atom stereocenters. The molecule has 0 radical (unpaired) electrons. The molecule has 7 heteroatoms. The van der Waals surface area contributed by atoms with Crippen molar-refractivity contribution < 1.29 is 4.74 Å². The lowest BCUT2D eigenvalue weighted by atomic mass is 9.98. The molecule has 1 saturated heterocycles. The van der Waals surface area contributed by atoms with Gasteiger partial charge in [-0.2, -0.15) is 0 Å². The van der Waals surface area contributed by atoms with Gasteiger partial charge in [0.05, 0.1) is 5.56 Å². The summed E-state index contributed by atoms with van der Waals surface area (Å²) in [6, 6.07) is 12.6. The van der Waals surface area contributed by atoms with Gasteiger partial charge in [-0.05, 0) is 74.4 Å². The molecule has 5 rings (SSSR count). The Kier molecular flexibility index (Phi) is 6.86. The first-order valence-electron chi connectivity index (χ1n) is 12.8. The Morgan fingerprint density at radius 3 is 2.77 bits per heavy atom. The largest absolute Gasteiger partial charge is 0.488 e. The summed E-state index contributed by atoms with van der Waals surface area (Å²) in [4.78, 5) is 15.8. The monoisotopic (exact) mass is 473 g/mol. The Morgan fingerprint density at radius 1 is 1.14 bits per heavy atom. The number of anilines is 1. The maximum atomic E-state index is 13.4. The van der Waals surface area contributed by atoms with Crippen LogP contribution in [0.1, 0.15) is 48.4 Å². The highest BCUT2D eigenvalue weighted by Crippen LogP contribution is 2.41. The van der Waals surface area contributed by atoms with Crippen molar-refractivity contribution in [1.29, 1.82) is 0 Å². The molecule has 35 heavy (non-hydrogen) atoms. The summed E-state index contributed by atoms with van der Waals surface area (Å²) in [6.45, 7) is 7.77. The maximum Gasteiger partial charge on any atom is 0.296 e. The second-order valence-corrected chi connectivity index (χ2v) is 9.78. The van der Waals surface area contributed by atoms with E-state index in [1.807, 2.05) is 18.2 Å². The van der Waals surface area contributed by atoms with Crippen molar-refractivity contribution in [2.45, 2.75) is 58.6 Å². The predicted molar refractivity (Wildman–Crippen MR) is 139 cm³/mol. The summed E-state index contributed by atoms with van der Waals surface area (Å²) >= 11 is 0. The van der Waals surface area contributed by atoms with Crippen LogP contribution in [0.15, 0.2) is 41.2 Å². The summed E-state index contributed by atoms with van der Waals surface area (Å²) in [5, 5.41) is 12.3. The van der Waals surface area contributed by atoms with Crippen molar-refractivity contribution in [2.24, 2.45) is 7.05 Å². The Hall–Kier alpha value is -3.19. The van der Waals surface area contributed by atoms with Crippen molar-refractivity contribution in [3.63, 3.8) is 0 Å². The van der Waals surface area contributed by atoms with E-state index in [1.165, 1.54) is 11.1 Å². The van der Waals surface area contributed by atoms with Crippen LogP contribution in [0.4, 0.5) is 5.82 Å². The summed E-state index contributed by atoms with van der Waals surface area (Å²) in [5.74, 6) is 1.72. The van der Waals surface area contributed by atoms with Crippen LogP contribution < -0.4 is 15.6 Å². The van der Waals surface area contributed by atoms with E-state index in [9.17, 15) is 4.79 Å². The standard InChI is InChI=1S/C28H35N5O2/c1-4-33-15-9-13-22(17-33)29-26-28(34)32(3)27(31-30-26)24-19(2)16-21-12-8-14-23(21)25(24)35-18-20-10-6-5-7-11-20/h5-7,10-11,16,22H,4,8-9,12-15,17-18H2,1-3H3,(H,29,30)/t22-/m1/s1. The zero-order valence-electron chi connectivity index (χ0n) is 21.0. The van der Waals surface area contributed by atoms with Gasteiger partial charge in [-0.1, -0.05) is 43.3 Å². The number of likely N-dealkylation sites (tertiary alicyclic amines) is 1. The van der Waals surface area contributed by atoms with E-state index in [0.717, 1.165) is 74.2 Å². The van der Waals surface area contributed by atoms with Gasteiger partial charge in [0.1, 0.15) is 12.4 Å². The van der Waals surface area contributed by atoms with E-state index in [0.29, 0.717) is 18.2 Å². The first-order chi connectivity index (χ1) is 17.0. The topological polar surface area (TPSA) is 72.3 Å². The number of nitrogens with zero attached hydrogens (tertiary/aromatic N) is 4. The van der Waals surface area contributed by atoms with Gasteiger partial charge in [-0.15, -0.1) is 10.2 Å². The maximum absolute atomic E-state index is 13.4. The number of hydrogen-bond donors (Lipinski definition) is 1. The fourth-order valence-electron chi connectivity index (χ4n) is 5.44. The van der Waals surface area contributed by atoms with Crippen molar-refractivity contribution in [3.05, 3.63) is 69.0 Å². The number of likely N-dealkylation sites (N-methyl/N-ethyl adjacent to an activating group) is 1. The second kappa shape index (κ2) is 10.2. The number of aromatic nitrogens is 3. The summed E-state index contributed by atoms with van der Waals surface area (Å²) in [7, 11) is 1.78. The fourth-order valence-corrected chi connectivity index (χ4v) is 5.44. The van der Waals surface area contributed by atoms with E-state index in [1.54, 1.807) is 11.6 Å². The molecule has 0 bridgehead atoms. The van der Waals surface area contributed by atoms with Crippen LogP contribution in [0.3, 0.4) is 0 Å². The van der Waals surface area contributed by atoms with Gasteiger partial charge in [0, 0.05) is 19.6 Å². The average Bonchev–Trinajstić information content (AvgIpc) is 3.35. The van der Waals surface area contributed by atoms with Crippen LogP contribution in [0, 0.1) is 6.92 Å². The van der Waals surface area contributed by atoms with E-state index in [2.05, 4.69) is 52.5 Å². The zero-order valence-corrected chi connectivity index (χ0v) is 21.0. The van der Waals surface area contributed by atoms with Crippen LogP contribution in [0.5, 0.6) is 5.75 Å². The Balaban J connectivity index is 1.49. The third kappa shape index (κ3) is 4.82. The SMILES string of the molecule is CCN1CCC[C@@H](Nc2nnc(-c3c(C)cc4c(c3OCc3ccccc3)CCC4)n(C)c2=O)C1. The third-order valence-corrected chi connectivity index (χ3v) is 7.36. The number of benzene rings is 2. The van der Waals surface area contributed by atoms with Gasteiger partial charge in [-0.25, -0.2) is 0 Å². The van der Waals surface area contributed by atoms with Crippen molar-refractivity contribution in [3.8, 4) is 17.1 Å². The zero-order chi connectivity index (χ0) is 24.4. The first kappa shape index (κ1) is 23.5. The molecule has 0 spiro atoms. The number of rotatable bonds is 7. The van der Waals surface area contributed by atoms with Gasteiger partial charge < -0.3 is 15.0 Å². The minimum Gasteiger partial charge on any atom is -0.488 e. The Morgan fingerprint density at radius 2 is 1.97 bits per heavy atom. The molecule has 2 heterocycles. The fraction of sp³-hybridized carbons (Fsp3) is 0.464. The first-order valence-corrected chi connectivity index (χ1v) is 12.8. The molecule has 1 aliphatic heterocycles. The second-order valence-electron chi connectivity index (χ2n) is 9.78. The van der Waals surface area contributed by atoms with Crippen molar-refractivity contribution in [2.75, 3.05) is 25.0 Å². The molecule has 2 aromatic carbocycles. The van der Waals surface area contributed by atoms with Gasteiger partial charge >= 0.3 is 0 Å². The van der Waals surface area contributed by atoms with Crippen molar-refractivity contribution >= 4 is 5.82 Å². The minimum atomic E-state index is -0.155. The quantitative estimate of drug-likeness (QED) is 0.557. The molecule has 0 amide bonds. The average molecular weight is 474 g/mol. The Labute approximate surface area is 207 Å². The third-order valence-electron chi connectivity index (χ3n) is 7.36. The Bertz CT molecular complexity index is 1250. The van der Waals surface area contributed by atoms with Crippen LogP contribution in [0.2, 0.25) is 0 Å².